The number of hydrogen-bond donors (Lipinski definition) is 1. The van der Waals surface area contributed by atoms with Crippen LogP contribution < -0.4 is 4.74 Å². The molecule has 11 nitrogen and oxygen atoms in total. The van der Waals surface area contributed by atoms with Crippen molar-refractivity contribution in [3.63, 3.8) is 0 Å². The molecular weight excluding hydrogens is 553 g/mol. The van der Waals surface area contributed by atoms with Crippen molar-refractivity contribution in [3.05, 3.63) is 60.4 Å². The molecule has 2 aliphatic heterocycles. The second-order valence-electron chi connectivity index (χ2n) is 10.8. The van der Waals surface area contributed by atoms with Gasteiger partial charge < -0.3 is 19.4 Å². The molecule has 6 heterocycles. The summed E-state index contributed by atoms with van der Waals surface area (Å²) in [6, 6.07) is 6.02. The molecule has 1 amide bonds. The Morgan fingerprint density at radius 1 is 1.12 bits per heavy atom. The van der Waals surface area contributed by atoms with E-state index in [0.717, 1.165) is 54.3 Å². The predicted octanol–water partition coefficient (Wildman–Crippen LogP) is 4.27. The molecule has 0 aromatic carbocycles. The van der Waals surface area contributed by atoms with Crippen LogP contribution in [0.4, 0.5) is 18.0 Å². The fourth-order valence-corrected chi connectivity index (χ4v) is 5.83. The topological polar surface area (TPSA) is 114 Å². The van der Waals surface area contributed by atoms with Gasteiger partial charge in [0.25, 0.3) is 0 Å². The second-order valence-corrected chi connectivity index (χ2v) is 10.8. The second kappa shape index (κ2) is 10.6. The number of halogens is 3. The molecule has 219 valence electrons. The number of piperidine rings is 1. The molecule has 1 aliphatic carbocycles. The molecular formula is C28H28F3N8O3. The van der Waals surface area contributed by atoms with E-state index in [2.05, 4.69) is 29.9 Å². The summed E-state index contributed by atoms with van der Waals surface area (Å²) in [6.07, 6.45) is 4.97. The van der Waals surface area contributed by atoms with E-state index in [0.29, 0.717) is 31.0 Å². The van der Waals surface area contributed by atoms with E-state index in [9.17, 15) is 18.0 Å². The number of nitrogens with zero attached hydrogens (tertiary/aromatic N) is 7. The molecule has 7 rings (SSSR count). The average Bonchev–Trinajstić information content (AvgIpc) is 3.70. The molecule has 2 saturated heterocycles. The van der Waals surface area contributed by atoms with E-state index in [1.165, 1.54) is 17.0 Å². The van der Waals surface area contributed by atoms with Crippen molar-refractivity contribution in [1.29, 1.82) is 0 Å². The van der Waals surface area contributed by atoms with Crippen molar-refractivity contribution < 1.29 is 27.4 Å². The Hall–Kier alpha value is -4.20. The van der Waals surface area contributed by atoms with E-state index in [-0.39, 0.29) is 25.1 Å². The Kier molecular flexibility index (Phi) is 6.72. The molecule has 1 N–H and O–H groups in total. The summed E-state index contributed by atoms with van der Waals surface area (Å²) in [6.45, 7) is 2.13. The van der Waals surface area contributed by atoms with Crippen molar-refractivity contribution in [1.82, 2.24) is 39.5 Å². The van der Waals surface area contributed by atoms with Gasteiger partial charge in [-0.05, 0) is 43.4 Å². The summed E-state index contributed by atoms with van der Waals surface area (Å²) in [4.78, 5) is 31.1. The first kappa shape index (κ1) is 26.7. The van der Waals surface area contributed by atoms with Gasteiger partial charge in [0, 0.05) is 55.1 Å². The number of rotatable bonds is 7. The number of likely N-dealkylation sites (tertiary alicyclic amines) is 1. The number of carbonyl (C=O) groups is 1. The van der Waals surface area contributed by atoms with Crippen LogP contribution in [0.1, 0.15) is 36.9 Å². The Labute approximate surface area is 238 Å². The fraction of sp³-hybridized carbons (Fsp3) is 0.429. The summed E-state index contributed by atoms with van der Waals surface area (Å²) in [5.41, 5.74) is 1.83. The van der Waals surface area contributed by atoms with Crippen molar-refractivity contribution in [3.8, 4) is 17.1 Å². The van der Waals surface area contributed by atoms with E-state index >= 15 is 0 Å². The largest absolute Gasteiger partial charge is 0.474 e. The summed E-state index contributed by atoms with van der Waals surface area (Å²) >= 11 is 0. The number of nitrogens with one attached hydrogen (secondary N) is 1. The van der Waals surface area contributed by atoms with Gasteiger partial charge in [-0.15, -0.1) is 0 Å². The van der Waals surface area contributed by atoms with Gasteiger partial charge in [0.2, 0.25) is 5.88 Å². The van der Waals surface area contributed by atoms with Crippen molar-refractivity contribution in [2.45, 2.75) is 50.6 Å². The monoisotopic (exact) mass is 581 g/mol. The Morgan fingerprint density at radius 3 is 2.71 bits per heavy atom. The predicted molar refractivity (Wildman–Crippen MR) is 143 cm³/mol. The SMILES string of the molecule is O=C1OCCN1Cc1cc(OC2CCN(C3C[C](n4cc(-c5ncnc6[nH]ccc56)cn4)C3)CC2)nc(C(F)(F)F)c1. The number of pyridine rings is 1. The zero-order chi connectivity index (χ0) is 28.8. The van der Waals surface area contributed by atoms with Crippen LogP contribution in [0.3, 0.4) is 0 Å². The summed E-state index contributed by atoms with van der Waals surface area (Å²) < 4.78 is 53.4. The third kappa shape index (κ3) is 5.26. The molecule has 3 aliphatic rings. The van der Waals surface area contributed by atoms with E-state index in [1.807, 2.05) is 29.3 Å². The normalized spacial score (nSPS) is 19.4. The number of aromatic nitrogens is 6. The first-order valence-electron chi connectivity index (χ1n) is 13.9. The molecule has 1 radical (unpaired) electrons. The highest BCUT2D eigenvalue weighted by molar-refractivity contribution is 5.90. The lowest BCUT2D eigenvalue weighted by Gasteiger charge is -2.45. The van der Waals surface area contributed by atoms with Crippen LogP contribution in [-0.2, 0) is 17.5 Å². The molecule has 4 aromatic rings. The number of carbonyl (C=O) groups excluding carboxylic acids is 1. The summed E-state index contributed by atoms with van der Waals surface area (Å²) in [7, 11) is 0. The van der Waals surface area contributed by atoms with Crippen molar-refractivity contribution in [2.75, 3.05) is 26.2 Å². The molecule has 4 aromatic heterocycles. The smallest absolute Gasteiger partial charge is 0.433 e. The number of hydrogen-bond acceptors (Lipinski definition) is 8. The highest BCUT2D eigenvalue weighted by Crippen LogP contribution is 2.37. The molecule has 0 spiro atoms. The number of alkyl halides is 3. The van der Waals surface area contributed by atoms with Gasteiger partial charge in [-0.3, -0.25) is 9.58 Å². The van der Waals surface area contributed by atoms with Crippen LogP contribution in [0.25, 0.3) is 22.3 Å². The van der Waals surface area contributed by atoms with Gasteiger partial charge in [0.15, 0.2) is 0 Å². The van der Waals surface area contributed by atoms with E-state index < -0.39 is 18.0 Å². The third-order valence-corrected chi connectivity index (χ3v) is 8.13. The number of fused-ring (bicyclic) bond motifs is 1. The van der Waals surface area contributed by atoms with Crippen LogP contribution >= 0.6 is 0 Å². The van der Waals surface area contributed by atoms with Crippen LogP contribution in [0.5, 0.6) is 5.88 Å². The van der Waals surface area contributed by atoms with E-state index in [4.69, 9.17) is 9.47 Å². The minimum absolute atomic E-state index is 0.00697. The number of ether oxygens (including phenoxy) is 2. The molecule has 42 heavy (non-hydrogen) atoms. The number of cyclic esters (lactones) is 1. The molecule has 0 atom stereocenters. The van der Waals surface area contributed by atoms with E-state index in [1.54, 1.807) is 6.33 Å². The van der Waals surface area contributed by atoms with Crippen molar-refractivity contribution in [2.24, 2.45) is 0 Å². The highest BCUT2D eigenvalue weighted by Gasteiger charge is 2.38. The number of amides is 1. The van der Waals surface area contributed by atoms with Gasteiger partial charge in [-0.1, -0.05) is 0 Å². The third-order valence-electron chi connectivity index (χ3n) is 8.13. The lowest BCUT2D eigenvalue weighted by molar-refractivity contribution is -0.141. The maximum Gasteiger partial charge on any atom is 0.433 e. The summed E-state index contributed by atoms with van der Waals surface area (Å²) in [5, 5.41) is 5.52. The van der Waals surface area contributed by atoms with Gasteiger partial charge in [0.05, 0.1) is 24.5 Å². The molecule has 14 heteroatoms. The van der Waals surface area contributed by atoms with Gasteiger partial charge in [-0.2, -0.15) is 18.3 Å². The molecule has 3 fully saturated rings. The Morgan fingerprint density at radius 2 is 1.95 bits per heavy atom. The first-order valence-corrected chi connectivity index (χ1v) is 13.9. The lowest BCUT2D eigenvalue weighted by Crippen LogP contribution is -2.50. The number of aromatic amines is 1. The fourth-order valence-electron chi connectivity index (χ4n) is 5.83. The molecule has 0 bridgehead atoms. The molecule has 1 saturated carbocycles. The van der Waals surface area contributed by atoms with Gasteiger partial charge in [-0.25, -0.2) is 19.7 Å². The zero-order valence-corrected chi connectivity index (χ0v) is 22.5. The Bertz CT molecular complexity index is 1590. The standard InChI is InChI=1S/C28H28F3N8O3/c29-28(30,31)23-9-17(14-38-7-8-41-27(38)40)10-24(36-23)42-21-2-5-37(6-3-21)19-11-20(12-19)39-15-18(13-35-39)25-22-1-4-32-26(22)34-16-33-25/h1,4,9-10,13,15-16,19,21H,2-3,5-8,11-12,14H2,(H,32,33,34). The first-order chi connectivity index (χ1) is 20.3. The summed E-state index contributed by atoms with van der Waals surface area (Å²) in [5.74, 6) is -0.0693. The van der Waals surface area contributed by atoms with Gasteiger partial charge >= 0.3 is 12.3 Å². The maximum atomic E-state index is 13.5. The minimum Gasteiger partial charge on any atom is -0.474 e. The van der Waals surface area contributed by atoms with Crippen LogP contribution in [0.15, 0.2) is 43.1 Å². The highest BCUT2D eigenvalue weighted by atomic mass is 19.4. The maximum absolute atomic E-state index is 13.5. The van der Waals surface area contributed by atoms with Crippen LogP contribution in [0.2, 0.25) is 0 Å². The minimum atomic E-state index is -4.63. The number of H-pyrrole nitrogens is 1. The lowest BCUT2D eigenvalue weighted by atomic mass is 9.84. The van der Waals surface area contributed by atoms with Crippen molar-refractivity contribution >= 4 is 17.1 Å². The van der Waals surface area contributed by atoms with Crippen LogP contribution in [-0.4, -0.2) is 84.0 Å². The average molecular weight is 582 g/mol. The van der Waals surface area contributed by atoms with Gasteiger partial charge in [0.1, 0.15) is 30.4 Å². The van der Waals surface area contributed by atoms with Crippen LogP contribution in [0, 0.1) is 6.04 Å². The molecule has 0 unspecified atom stereocenters. The zero-order valence-electron chi connectivity index (χ0n) is 22.5. The quantitative estimate of drug-likeness (QED) is 0.344. The Balaban J connectivity index is 0.940.